The van der Waals surface area contributed by atoms with Crippen molar-refractivity contribution >= 4 is 59.6 Å². The zero-order valence-electron chi connectivity index (χ0n) is 9.84. The summed E-state index contributed by atoms with van der Waals surface area (Å²) < 4.78 is 1.83. The van der Waals surface area contributed by atoms with E-state index in [4.69, 9.17) is 60.9 Å². The average Bonchev–Trinajstić information content (AvgIpc) is 2.12. The van der Waals surface area contributed by atoms with Crippen molar-refractivity contribution in [1.29, 1.82) is 0 Å². The fraction of sp³-hybridized carbons (Fsp3) is 0.400. The first-order chi connectivity index (χ1) is 7.99. The molecule has 2 nitrogen and oxygen atoms in total. The zero-order chi connectivity index (χ0) is 14.0. The summed E-state index contributed by atoms with van der Waals surface area (Å²) >= 11 is 24.9. The standard InChI is InChI=1S/C10H13NO.Cl5P/c1-8-3-4-10-9(5-8)6-11(2)7-12-10;1-6(2,3,4)5/h3-5H,6-7H2,1-2H3;. The van der Waals surface area contributed by atoms with Crippen LogP contribution in [-0.2, 0) is 6.54 Å². The normalized spacial score (nSPS) is 17.6. The van der Waals surface area contributed by atoms with Crippen molar-refractivity contribution in [2.75, 3.05) is 13.8 Å². The van der Waals surface area contributed by atoms with E-state index in [2.05, 4.69) is 37.1 Å². The molecule has 0 N–H and O–H groups in total. The van der Waals surface area contributed by atoms with Gasteiger partial charge in [-0.05, 0) is 20.0 Å². The first-order valence-electron chi connectivity index (χ1n) is 5.01. The van der Waals surface area contributed by atoms with Crippen molar-refractivity contribution in [3.63, 3.8) is 0 Å². The predicted octanol–water partition coefficient (Wildman–Crippen LogP) is 6.09. The second kappa shape index (κ2) is 6.10. The molecule has 2 rings (SSSR count). The van der Waals surface area contributed by atoms with Gasteiger partial charge in [0, 0.05) is 12.1 Å². The van der Waals surface area contributed by atoms with Crippen molar-refractivity contribution in [2.24, 2.45) is 0 Å². The number of nitrogens with zero attached hydrogens (tertiary/aromatic N) is 1. The van der Waals surface area contributed by atoms with Crippen LogP contribution in [-0.4, -0.2) is 18.7 Å². The molecule has 0 fully saturated rings. The monoisotopic (exact) mass is 369 g/mol. The fourth-order valence-electron chi connectivity index (χ4n) is 1.49. The molecular weight excluding hydrogens is 358 g/mol. The Morgan fingerprint density at radius 1 is 1.17 bits per heavy atom. The Morgan fingerprint density at radius 3 is 2.28 bits per heavy atom. The number of benzene rings is 1. The van der Waals surface area contributed by atoms with Gasteiger partial charge in [-0.25, -0.2) is 0 Å². The number of rotatable bonds is 0. The van der Waals surface area contributed by atoms with Crippen molar-refractivity contribution in [2.45, 2.75) is 13.5 Å². The van der Waals surface area contributed by atoms with E-state index in [0.29, 0.717) is 6.73 Å². The molecule has 1 aliphatic heterocycles. The third-order valence-electron chi connectivity index (χ3n) is 2.10. The summed E-state index contributed by atoms with van der Waals surface area (Å²) in [5, 5.41) is 0. The maximum atomic E-state index is 5.52. The summed E-state index contributed by atoms with van der Waals surface area (Å²) in [7, 11) is 2.06. The van der Waals surface area contributed by atoms with Crippen LogP contribution in [0, 0.1) is 6.92 Å². The molecular formula is C10H13Cl5NOP. The summed E-state index contributed by atoms with van der Waals surface area (Å²) in [5.74, 6) is 1.04. The minimum absolute atomic E-state index is 0.704. The van der Waals surface area contributed by atoms with E-state index in [0.717, 1.165) is 12.3 Å². The summed E-state index contributed by atoms with van der Waals surface area (Å²) in [6, 6.07) is 6.33. The van der Waals surface area contributed by atoms with Gasteiger partial charge in [0.25, 0.3) is 0 Å². The molecule has 104 valence electrons. The zero-order valence-corrected chi connectivity index (χ0v) is 14.5. The van der Waals surface area contributed by atoms with Gasteiger partial charge in [0.05, 0.1) is 0 Å². The van der Waals surface area contributed by atoms with Crippen LogP contribution in [0.1, 0.15) is 11.1 Å². The Hall–Kier alpha value is 0.860. The third kappa shape index (κ3) is 8.12. The SMILES string of the molecule is Cc1ccc2c(c1)CN(C)CO2.ClP(Cl)(Cl)(Cl)Cl. The van der Waals surface area contributed by atoms with E-state index >= 15 is 0 Å². The van der Waals surface area contributed by atoms with Gasteiger partial charge in [0.1, 0.15) is 12.5 Å². The summed E-state index contributed by atoms with van der Waals surface area (Å²) in [4.78, 5) is 2.15. The van der Waals surface area contributed by atoms with E-state index in [1.165, 1.54) is 11.1 Å². The summed E-state index contributed by atoms with van der Waals surface area (Å²) in [6.45, 7) is 3.81. The van der Waals surface area contributed by atoms with Crippen LogP contribution in [0.25, 0.3) is 0 Å². The van der Waals surface area contributed by atoms with Crippen LogP contribution in [0.5, 0.6) is 5.75 Å². The van der Waals surface area contributed by atoms with E-state index < -0.39 is 3.37 Å². The van der Waals surface area contributed by atoms with Crippen molar-refractivity contribution in [3.8, 4) is 5.75 Å². The Morgan fingerprint density at radius 2 is 1.72 bits per heavy atom. The van der Waals surface area contributed by atoms with E-state index in [-0.39, 0.29) is 0 Å². The van der Waals surface area contributed by atoms with Gasteiger partial charge in [-0.15, -0.1) is 0 Å². The number of hydrogen-bond donors (Lipinski definition) is 0. The molecule has 18 heavy (non-hydrogen) atoms. The first kappa shape index (κ1) is 16.9. The number of aryl methyl sites for hydroxylation is 1. The third-order valence-corrected chi connectivity index (χ3v) is 2.10. The molecule has 1 aliphatic rings. The van der Waals surface area contributed by atoms with Gasteiger partial charge in [0.15, 0.2) is 0 Å². The molecule has 0 saturated carbocycles. The van der Waals surface area contributed by atoms with Crippen LogP contribution < -0.4 is 4.74 Å². The van der Waals surface area contributed by atoms with Crippen molar-refractivity contribution in [1.82, 2.24) is 4.90 Å². The van der Waals surface area contributed by atoms with Gasteiger partial charge in [-0.3, -0.25) is 4.90 Å². The second-order valence-electron chi connectivity index (χ2n) is 4.04. The summed E-state index contributed by atoms with van der Waals surface area (Å²) in [5.41, 5.74) is 2.59. The van der Waals surface area contributed by atoms with Gasteiger partial charge in [-0.1, -0.05) is 17.7 Å². The number of ether oxygens (including phenoxy) is 1. The van der Waals surface area contributed by atoms with E-state index in [1.807, 2.05) is 0 Å². The average molecular weight is 371 g/mol. The number of hydrogen-bond acceptors (Lipinski definition) is 2. The van der Waals surface area contributed by atoms with Gasteiger partial charge in [-0.2, -0.15) is 0 Å². The van der Waals surface area contributed by atoms with Gasteiger partial charge >= 0.3 is 59.6 Å². The Bertz CT molecular complexity index is 415. The molecule has 0 bridgehead atoms. The van der Waals surface area contributed by atoms with Crippen LogP contribution in [0.15, 0.2) is 18.2 Å². The Kier molecular flexibility index (Phi) is 5.73. The predicted molar refractivity (Wildman–Crippen MR) is 84.3 cm³/mol. The summed E-state index contributed by atoms with van der Waals surface area (Å²) in [6.07, 6.45) is 0. The molecule has 0 aliphatic carbocycles. The molecule has 1 aromatic rings. The molecule has 1 aromatic carbocycles. The maximum absolute atomic E-state index is 5.52. The van der Waals surface area contributed by atoms with E-state index in [9.17, 15) is 0 Å². The first-order valence-corrected chi connectivity index (χ1v) is 11.8. The van der Waals surface area contributed by atoms with Gasteiger partial charge in [0.2, 0.25) is 0 Å². The van der Waals surface area contributed by atoms with Crippen LogP contribution >= 0.6 is 59.6 Å². The van der Waals surface area contributed by atoms with Crippen LogP contribution in [0.3, 0.4) is 0 Å². The van der Waals surface area contributed by atoms with Crippen LogP contribution in [0.2, 0.25) is 0 Å². The minimum atomic E-state index is -3.69. The molecule has 0 amide bonds. The van der Waals surface area contributed by atoms with Crippen LogP contribution in [0.4, 0.5) is 0 Å². The Balaban J connectivity index is 0.000000232. The second-order valence-corrected chi connectivity index (χ2v) is 20.6. The molecule has 0 spiro atoms. The molecule has 0 aromatic heterocycles. The quantitative estimate of drug-likeness (QED) is 0.512. The number of fused-ring (bicyclic) bond motifs is 1. The molecule has 0 atom stereocenters. The van der Waals surface area contributed by atoms with E-state index in [1.54, 1.807) is 0 Å². The molecule has 1 heterocycles. The topological polar surface area (TPSA) is 12.5 Å². The fourth-order valence-corrected chi connectivity index (χ4v) is 1.49. The number of halogens is 5. The molecule has 0 unspecified atom stereocenters. The molecule has 0 radical (unpaired) electrons. The van der Waals surface area contributed by atoms with Crippen molar-refractivity contribution in [3.05, 3.63) is 29.3 Å². The Labute approximate surface area is 131 Å². The van der Waals surface area contributed by atoms with Crippen molar-refractivity contribution < 1.29 is 4.74 Å². The molecule has 8 heteroatoms. The molecule has 0 saturated heterocycles. The van der Waals surface area contributed by atoms with Gasteiger partial charge < -0.3 is 4.74 Å².